The number of carbonyl (C=O) groups is 1. The predicted octanol–water partition coefficient (Wildman–Crippen LogP) is 2.83. The summed E-state index contributed by atoms with van der Waals surface area (Å²) in [7, 11) is 0. The summed E-state index contributed by atoms with van der Waals surface area (Å²) in [6.07, 6.45) is 7.14. The molecule has 4 aliphatic rings. The summed E-state index contributed by atoms with van der Waals surface area (Å²) >= 11 is 0. The van der Waals surface area contributed by atoms with Crippen LogP contribution in [0.25, 0.3) is 0 Å². The molecule has 4 heteroatoms. The first-order chi connectivity index (χ1) is 9.87. The Morgan fingerprint density at radius 1 is 1.19 bits per heavy atom. The zero-order valence-corrected chi connectivity index (χ0v) is 13.3. The zero-order valence-electron chi connectivity index (χ0n) is 13.3. The third kappa shape index (κ3) is 2.50. The number of ether oxygens (including phenoxy) is 3. The Morgan fingerprint density at radius 3 is 2.71 bits per heavy atom. The Bertz CT molecular complexity index is 460. The van der Waals surface area contributed by atoms with Crippen molar-refractivity contribution in [3.63, 3.8) is 0 Å². The Labute approximate surface area is 126 Å². The van der Waals surface area contributed by atoms with E-state index in [1.807, 2.05) is 0 Å². The summed E-state index contributed by atoms with van der Waals surface area (Å²) in [6.45, 7) is 6.33. The Balaban J connectivity index is 1.35. The number of rotatable bonds is 3. The van der Waals surface area contributed by atoms with Crippen molar-refractivity contribution in [3.8, 4) is 0 Å². The van der Waals surface area contributed by atoms with Gasteiger partial charge in [-0.2, -0.15) is 0 Å². The van der Waals surface area contributed by atoms with Crippen molar-refractivity contribution in [1.82, 2.24) is 0 Å². The summed E-state index contributed by atoms with van der Waals surface area (Å²) in [6, 6.07) is 0. The average molecular weight is 294 g/mol. The molecule has 0 bridgehead atoms. The first-order valence-electron chi connectivity index (χ1n) is 8.43. The van der Waals surface area contributed by atoms with E-state index in [4.69, 9.17) is 14.2 Å². The van der Waals surface area contributed by atoms with Gasteiger partial charge in [-0.3, -0.25) is 4.79 Å². The maximum absolute atomic E-state index is 12.5. The molecule has 4 rings (SSSR count). The number of fused-ring (bicyclic) bond motifs is 2. The highest BCUT2D eigenvalue weighted by Crippen LogP contribution is 2.52. The lowest BCUT2D eigenvalue weighted by Crippen LogP contribution is -2.42. The second-order valence-electron chi connectivity index (χ2n) is 8.14. The highest BCUT2D eigenvalue weighted by Gasteiger charge is 2.57. The second-order valence-corrected chi connectivity index (χ2v) is 8.14. The Hall–Kier alpha value is -0.610. The molecule has 6 unspecified atom stereocenters. The molecular formula is C17H26O4. The molecule has 2 aliphatic heterocycles. The maximum atomic E-state index is 12.5. The summed E-state index contributed by atoms with van der Waals surface area (Å²) in [4.78, 5) is 12.5. The van der Waals surface area contributed by atoms with Gasteiger partial charge in [-0.1, -0.05) is 0 Å². The molecule has 2 aliphatic carbocycles. The third-order valence-electron chi connectivity index (χ3n) is 6.21. The van der Waals surface area contributed by atoms with Crippen LogP contribution < -0.4 is 0 Å². The van der Waals surface area contributed by atoms with E-state index in [0.717, 1.165) is 38.5 Å². The van der Waals surface area contributed by atoms with Crippen LogP contribution in [0.1, 0.15) is 59.3 Å². The maximum Gasteiger partial charge on any atom is 0.309 e. The van der Waals surface area contributed by atoms with E-state index in [9.17, 15) is 4.79 Å². The fourth-order valence-corrected chi connectivity index (χ4v) is 4.32. The van der Waals surface area contributed by atoms with Gasteiger partial charge in [-0.25, -0.2) is 0 Å². The average Bonchev–Trinajstić information content (AvgIpc) is 3.30. The molecule has 118 valence electrons. The number of epoxide rings is 2. The van der Waals surface area contributed by atoms with Gasteiger partial charge in [-0.15, -0.1) is 0 Å². The first kappa shape index (κ1) is 14.0. The van der Waals surface area contributed by atoms with Crippen molar-refractivity contribution < 1.29 is 19.0 Å². The topological polar surface area (TPSA) is 51.4 Å². The second kappa shape index (κ2) is 4.45. The van der Waals surface area contributed by atoms with Crippen molar-refractivity contribution in [1.29, 1.82) is 0 Å². The smallest absolute Gasteiger partial charge is 0.309 e. The van der Waals surface area contributed by atoms with Crippen molar-refractivity contribution in [2.75, 3.05) is 0 Å². The highest BCUT2D eigenvalue weighted by molar-refractivity contribution is 5.73. The van der Waals surface area contributed by atoms with Crippen molar-refractivity contribution >= 4 is 5.97 Å². The van der Waals surface area contributed by atoms with Crippen LogP contribution in [0.3, 0.4) is 0 Å². The molecule has 0 aromatic carbocycles. The van der Waals surface area contributed by atoms with Crippen LogP contribution in [0.5, 0.6) is 0 Å². The van der Waals surface area contributed by atoms with E-state index < -0.39 is 0 Å². The van der Waals surface area contributed by atoms with Gasteiger partial charge in [0.2, 0.25) is 0 Å². The van der Waals surface area contributed by atoms with Crippen LogP contribution in [0, 0.1) is 11.8 Å². The minimum Gasteiger partial charge on any atom is -0.459 e. The van der Waals surface area contributed by atoms with E-state index in [1.165, 1.54) is 0 Å². The standard InChI is InChI=1S/C17H26O4/c1-16(2,11-6-7-17(3)14(9-11)20-17)21-15(18)10-4-5-12-13(8-10)19-12/h10-14H,4-9H2,1-3H3. The van der Waals surface area contributed by atoms with Crippen molar-refractivity contribution in [2.45, 2.75) is 88.8 Å². The van der Waals surface area contributed by atoms with Gasteiger partial charge < -0.3 is 14.2 Å². The first-order valence-corrected chi connectivity index (χ1v) is 8.43. The summed E-state index contributed by atoms with van der Waals surface area (Å²) in [5.41, 5.74) is -0.260. The van der Waals surface area contributed by atoms with Crippen LogP contribution in [-0.2, 0) is 19.0 Å². The van der Waals surface area contributed by atoms with Gasteiger partial charge in [0.05, 0.1) is 29.8 Å². The molecule has 0 radical (unpaired) electrons. The number of hydrogen-bond donors (Lipinski definition) is 0. The van der Waals surface area contributed by atoms with Gasteiger partial charge in [0.1, 0.15) is 5.60 Å². The highest BCUT2D eigenvalue weighted by atomic mass is 16.6. The van der Waals surface area contributed by atoms with E-state index in [0.29, 0.717) is 24.2 Å². The van der Waals surface area contributed by atoms with Gasteiger partial charge in [0.25, 0.3) is 0 Å². The molecule has 2 heterocycles. The predicted molar refractivity (Wildman–Crippen MR) is 76.8 cm³/mol. The van der Waals surface area contributed by atoms with Gasteiger partial charge >= 0.3 is 5.97 Å². The summed E-state index contributed by atoms with van der Waals surface area (Å²) in [5.74, 6) is 0.439. The molecule has 21 heavy (non-hydrogen) atoms. The Morgan fingerprint density at radius 2 is 2.00 bits per heavy atom. The Kier molecular flexibility index (Phi) is 2.97. The lowest BCUT2D eigenvalue weighted by atomic mass is 9.75. The van der Waals surface area contributed by atoms with Gasteiger partial charge in [0, 0.05) is 5.92 Å². The molecular weight excluding hydrogens is 268 g/mol. The molecule has 2 saturated heterocycles. The van der Waals surface area contributed by atoms with E-state index in [-0.39, 0.29) is 23.1 Å². The van der Waals surface area contributed by atoms with Crippen LogP contribution in [0.15, 0.2) is 0 Å². The van der Waals surface area contributed by atoms with Crippen molar-refractivity contribution in [2.24, 2.45) is 11.8 Å². The number of carbonyl (C=O) groups excluding carboxylic acids is 1. The fraction of sp³-hybridized carbons (Fsp3) is 0.941. The fourth-order valence-electron chi connectivity index (χ4n) is 4.32. The molecule has 0 N–H and O–H groups in total. The van der Waals surface area contributed by atoms with Crippen LogP contribution >= 0.6 is 0 Å². The summed E-state index contributed by atoms with van der Waals surface area (Å²) < 4.78 is 17.2. The van der Waals surface area contributed by atoms with Crippen molar-refractivity contribution in [3.05, 3.63) is 0 Å². The third-order valence-corrected chi connectivity index (χ3v) is 6.21. The molecule has 0 amide bonds. The van der Waals surface area contributed by atoms with Crippen LogP contribution in [0.4, 0.5) is 0 Å². The number of esters is 1. The minimum absolute atomic E-state index is 0.0148. The van der Waals surface area contributed by atoms with E-state index in [2.05, 4.69) is 20.8 Å². The zero-order chi connectivity index (χ0) is 14.8. The van der Waals surface area contributed by atoms with E-state index >= 15 is 0 Å². The van der Waals surface area contributed by atoms with E-state index in [1.54, 1.807) is 0 Å². The monoisotopic (exact) mass is 294 g/mol. The van der Waals surface area contributed by atoms with Crippen LogP contribution in [-0.4, -0.2) is 35.5 Å². The van der Waals surface area contributed by atoms with Crippen LogP contribution in [0.2, 0.25) is 0 Å². The normalized spacial score (nSPS) is 48.0. The minimum atomic E-state index is -0.383. The molecule has 4 fully saturated rings. The molecule has 2 saturated carbocycles. The number of hydrogen-bond acceptors (Lipinski definition) is 4. The molecule has 4 nitrogen and oxygen atoms in total. The molecule has 0 spiro atoms. The molecule has 0 aromatic rings. The largest absolute Gasteiger partial charge is 0.459 e. The molecule has 6 atom stereocenters. The lowest BCUT2D eigenvalue weighted by molar-refractivity contribution is -0.169. The SMILES string of the molecule is CC(C)(OC(=O)C1CCC2OC2C1)C1CCC2(C)OC2C1. The molecule has 0 aromatic heterocycles. The van der Waals surface area contributed by atoms with Gasteiger partial charge in [0.15, 0.2) is 0 Å². The van der Waals surface area contributed by atoms with Gasteiger partial charge in [-0.05, 0) is 59.3 Å². The summed E-state index contributed by atoms with van der Waals surface area (Å²) in [5, 5.41) is 0. The lowest BCUT2D eigenvalue weighted by Gasteiger charge is -2.37. The quantitative estimate of drug-likeness (QED) is 0.593.